The molecule has 1 aliphatic rings. The van der Waals surface area contributed by atoms with Gasteiger partial charge in [-0.3, -0.25) is 14.3 Å². The molecule has 1 aromatic heterocycles. The summed E-state index contributed by atoms with van der Waals surface area (Å²) in [6, 6.07) is 1.28. The Bertz CT molecular complexity index is 526. The summed E-state index contributed by atoms with van der Waals surface area (Å²) in [6.07, 6.45) is 3.87. The van der Waals surface area contributed by atoms with Crippen molar-refractivity contribution in [1.29, 1.82) is 0 Å². The van der Waals surface area contributed by atoms with E-state index in [0.29, 0.717) is 6.42 Å². The summed E-state index contributed by atoms with van der Waals surface area (Å²) in [5.41, 5.74) is 0. The number of hydrogen-bond donors (Lipinski definition) is 0. The van der Waals surface area contributed by atoms with Gasteiger partial charge < -0.3 is 0 Å². The molecule has 2 heterocycles. The molecule has 106 valence electrons. The molecule has 1 unspecified atom stereocenters. The topological polar surface area (TPSA) is 81.5 Å². The van der Waals surface area contributed by atoms with Gasteiger partial charge in [0.05, 0.1) is 24.7 Å². The lowest BCUT2D eigenvalue weighted by atomic mass is 10.2. The Hall–Kier alpha value is -1.41. The maximum Gasteiger partial charge on any atom is 0.270 e. The van der Waals surface area contributed by atoms with Gasteiger partial charge in [-0.1, -0.05) is 6.92 Å². The van der Waals surface area contributed by atoms with Crippen LogP contribution < -0.4 is 0 Å². The fraction of sp³-hybridized carbons (Fsp3) is 0.636. The SMILES string of the molecule is CCC(C(=O)N1CCS(=O)(=O)CCO1)n1cccn1. The van der Waals surface area contributed by atoms with Gasteiger partial charge in [0.2, 0.25) is 0 Å². The zero-order valence-electron chi connectivity index (χ0n) is 10.7. The molecule has 1 amide bonds. The minimum absolute atomic E-state index is 0.0175. The van der Waals surface area contributed by atoms with Crippen molar-refractivity contribution in [1.82, 2.24) is 14.8 Å². The first-order chi connectivity index (χ1) is 9.03. The highest BCUT2D eigenvalue weighted by Crippen LogP contribution is 2.15. The number of hydroxylamine groups is 2. The van der Waals surface area contributed by atoms with Crippen molar-refractivity contribution in [2.45, 2.75) is 19.4 Å². The lowest BCUT2D eigenvalue weighted by Crippen LogP contribution is -2.38. The van der Waals surface area contributed by atoms with Gasteiger partial charge in [-0.15, -0.1) is 0 Å². The van der Waals surface area contributed by atoms with Crippen molar-refractivity contribution < 1.29 is 18.0 Å². The maximum absolute atomic E-state index is 12.3. The van der Waals surface area contributed by atoms with E-state index in [2.05, 4.69) is 5.10 Å². The fourth-order valence-corrected chi connectivity index (χ4v) is 2.92. The minimum atomic E-state index is -3.11. The van der Waals surface area contributed by atoms with Gasteiger partial charge in [0.25, 0.3) is 5.91 Å². The Morgan fingerprint density at radius 1 is 1.47 bits per heavy atom. The lowest BCUT2D eigenvalue weighted by Gasteiger charge is -2.24. The number of nitrogens with zero attached hydrogens (tertiary/aromatic N) is 3. The Morgan fingerprint density at radius 3 is 2.89 bits per heavy atom. The average Bonchev–Trinajstić information content (AvgIpc) is 2.81. The second-order valence-corrected chi connectivity index (χ2v) is 6.64. The molecule has 1 aliphatic heterocycles. The molecule has 2 rings (SSSR count). The molecule has 0 aromatic carbocycles. The van der Waals surface area contributed by atoms with E-state index in [1.807, 2.05) is 6.92 Å². The summed E-state index contributed by atoms with van der Waals surface area (Å²) in [6.45, 7) is 1.96. The van der Waals surface area contributed by atoms with Gasteiger partial charge >= 0.3 is 0 Å². The summed E-state index contributed by atoms with van der Waals surface area (Å²) in [7, 11) is -3.11. The summed E-state index contributed by atoms with van der Waals surface area (Å²) >= 11 is 0. The van der Waals surface area contributed by atoms with Crippen LogP contribution in [0.4, 0.5) is 0 Å². The second kappa shape index (κ2) is 5.70. The number of hydrogen-bond acceptors (Lipinski definition) is 5. The molecule has 0 saturated carbocycles. The van der Waals surface area contributed by atoms with Crippen molar-refractivity contribution in [3.05, 3.63) is 18.5 Å². The van der Waals surface area contributed by atoms with Crippen LogP contribution >= 0.6 is 0 Å². The van der Waals surface area contributed by atoms with Gasteiger partial charge in [0, 0.05) is 12.4 Å². The quantitative estimate of drug-likeness (QED) is 0.783. The predicted octanol–water partition coefficient (Wildman–Crippen LogP) is 0.0228. The van der Waals surface area contributed by atoms with Crippen LogP contribution in [0.25, 0.3) is 0 Å². The van der Waals surface area contributed by atoms with E-state index in [4.69, 9.17) is 4.84 Å². The van der Waals surface area contributed by atoms with Crippen LogP contribution in [0.2, 0.25) is 0 Å². The summed E-state index contributed by atoms with van der Waals surface area (Å²) in [5, 5.41) is 5.20. The standard InChI is InChI=1S/C11H17N3O4S/c1-2-10(13-5-3-4-12-13)11(15)14-6-8-19(16,17)9-7-18-14/h3-5,10H,2,6-9H2,1H3. The molecule has 1 aromatic rings. The zero-order valence-corrected chi connectivity index (χ0v) is 11.5. The third-order valence-corrected chi connectivity index (χ3v) is 4.60. The Labute approximate surface area is 112 Å². The van der Waals surface area contributed by atoms with Crippen LogP contribution in [-0.4, -0.2) is 53.8 Å². The first kappa shape index (κ1) is 14.0. The predicted molar refractivity (Wildman–Crippen MR) is 67.9 cm³/mol. The first-order valence-corrected chi connectivity index (χ1v) is 7.99. The largest absolute Gasteiger partial charge is 0.270 e. The Balaban J connectivity index is 2.10. The maximum atomic E-state index is 12.3. The highest BCUT2D eigenvalue weighted by molar-refractivity contribution is 7.91. The van der Waals surface area contributed by atoms with Gasteiger partial charge in [0.1, 0.15) is 6.04 Å². The average molecular weight is 287 g/mol. The molecule has 8 heteroatoms. The minimum Gasteiger partial charge on any atom is -0.270 e. The van der Waals surface area contributed by atoms with Crippen LogP contribution in [-0.2, 0) is 19.5 Å². The van der Waals surface area contributed by atoms with E-state index in [1.54, 1.807) is 23.1 Å². The number of aromatic nitrogens is 2. The molecule has 0 spiro atoms. The molecule has 0 radical (unpaired) electrons. The summed E-state index contributed by atoms with van der Waals surface area (Å²) < 4.78 is 24.5. The number of sulfone groups is 1. The van der Waals surface area contributed by atoms with Crippen LogP contribution in [0.5, 0.6) is 0 Å². The van der Waals surface area contributed by atoms with Crippen molar-refractivity contribution in [3.8, 4) is 0 Å². The van der Waals surface area contributed by atoms with Gasteiger partial charge in [-0.05, 0) is 12.5 Å². The summed E-state index contributed by atoms with van der Waals surface area (Å²) in [5.74, 6) is -0.368. The van der Waals surface area contributed by atoms with E-state index in [0.717, 1.165) is 5.06 Å². The third-order valence-electron chi connectivity index (χ3n) is 3.01. The molecule has 0 aliphatic carbocycles. The van der Waals surface area contributed by atoms with E-state index in [1.165, 1.54) is 0 Å². The Morgan fingerprint density at radius 2 is 2.26 bits per heavy atom. The second-order valence-electron chi connectivity index (χ2n) is 4.34. The van der Waals surface area contributed by atoms with Crippen LogP contribution in [0, 0.1) is 0 Å². The molecule has 1 fully saturated rings. The number of carbonyl (C=O) groups excluding carboxylic acids is 1. The molecule has 0 N–H and O–H groups in total. The van der Waals surface area contributed by atoms with Gasteiger partial charge in [-0.2, -0.15) is 5.10 Å². The fourth-order valence-electron chi connectivity index (χ4n) is 1.94. The van der Waals surface area contributed by atoms with Crippen molar-refractivity contribution in [2.75, 3.05) is 24.7 Å². The van der Waals surface area contributed by atoms with Gasteiger partial charge in [-0.25, -0.2) is 13.5 Å². The number of carbonyl (C=O) groups is 1. The molecule has 19 heavy (non-hydrogen) atoms. The molecule has 1 atom stereocenters. The smallest absolute Gasteiger partial charge is 0.270 e. The van der Waals surface area contributed by atoms with Crippen molar-refractivity contribution in [3.63, 3.8) is 0 Å². The molecular weight excluding hydrogens is 270 g/mol. The molecular formula is C11H17N3O4S. The highest BCUT2D eigenvalue weighted by Gasteiger charge is 2.29. The molecule has 1 saturated heterocycles. The van der Waals surface area contributed by atoms with Crippen LogP contribution in [0.3, 0.4) is 0 Å². The van der Waals surface area contributed by atoms with Crippen LogP contribution in [0.1, 0.15) is 19.4 Å². The normalized spacial score (nSPS) is 20.8. The van der Waals surface area contributed by atoms with E-state index >= 15 is 0 Å². The van der Waals surface area contributed by atoms with E-state index in [-0.39, 0.29) is 30.6 Å². The number of rotatable bonds is 3. The lowest BCUT2D eigenvalue weighted by molar-refractivity contribution is -0.186. The van der Waals surface area contributed by atoms with Gasteiger partial charge in [0.15, 0.2) is 9.84 Å². The molecule has 7 nitrogen and oxygen atoms in total. The number of amides is 1. The highest BCUT2D eigenvalue weighted by atomic mass is 32.2. The monoisotopic (exact) mass is 287 g/mol. The third kappa shape index (κ3) is 3.32. The van der Waals surface area contributed by atoms with E-state index < -0.39 is 15.9 Å². The van der Waals surface area contributed by atoms with E-state index in [9.17, 15) is 13.2 Å². The first-order valence-electron chi connectivity index (χ1n) is 6.17. The van der Waals surface area contributed by atoms with Crippen molar-refractivity contribution in [2.24, 2.45) is 0 Å². The summed E-state index contributed by atoms with van der Waals surface area (Å²) in [4.78, 5) is 17.6. The van der Waals surface area contributed by atoms with Crippen molar-refractivity contribution >= 4 is 15.7 Å². The zero-order chi connectivity index (χ0) is 13.9. The van der Waals surface area contributed by atoms with Crippen LogP contribution in [0.15, 0.2) is 18.5 Å². The molecule has 0 bridgehead atoms. The Kier molecular flexibility index (Phi) is 4.20.